The van der Waals surface area contributed by atoms with Crippen LogP contribution in [-0.4, -0.2) is 22.1 Å². The SMILES string of the molecule is CCCOc1ccc2c(c1)sc1nc(-c3ccc(OC(C)C)cc3)cn12. The van der Waals surface area contributed by atoms with E-state index >= 15 is 0 Å². The van der Waals surface area contributed by atoms with E-state index in [4.69, 9.17) is 14.5 Å². The van der Waals surface area contributed by atoms with E-state index in [1.165, 1.54) is 4.70 Å². The van der Waals surface area contributed by atoms with E-state index in [0.29, 0.717) is 0 Å². The third-order valence-corrected chi connectivity index (χ3v) is 5.08. The number of imidazole rings is 1. The highest BCUT2D eigenvalue weighted by molar-refractivity contribution is 7.23. The highest BCUT2D eigenvalue weighted by atomic mass is 32.1. The smallest absolute Gasteiger partial charge is 0.195 e. The Morgan fingerprint density at radius 1 is 1.08 bits per heavy atom. The highest BCUT2D eigenvalue weighted by Gasteiger charge is 2.11. The van der Waals surface area contributed by atoms with Crippen molar-refractivity contribution in [1.29, 1.82) is 0 Å². The van der Waals surface area contributed by atoms with E-state index in [1.54, 1.807) is 11.3 Å². The van der Waals surface area contributed by atoms with E-state index in [9.17, 15) is 0 Å². The van der Waals surface area contributed by atoms with Crippen LogP contribution in [0.2, 0.25) is 0 Å². The Morgan fingerprint density at radius 2 is 1.85 bits per heavy atom. The summed E-state index contributed by atoms with van der Waals surface area (Å²) in [6.07, 6.45) is 3.28. The second kappa shape index (κ2) is 7.00. The third-order valence-electron chi connectivity index (χ3n) is 4.06. The summed E-state index contributed by atoms with van der Waals surface area (Å²) in [5, 5.41) is 0. The Balaban J connectivity index is 1.65. The molecule has 0 amide bonds. The largest absolute Gasteiger partial charge is 0.494 e. The van der Waals surface area contributed by atoms with E-state index in [1.807, 2.05) is 32.0 Å². The zero-order chi connectivity index (χ0) is 18.1. The molecule has 0 saturated carbocycles. The number of ether oxygens (including phenoxy) is 2. The van der Waals surface area contributed by atoms with Gasteiger partial charge in [-0.05, 0) is 62.7 Å². The lowest BCUT2D eigenvalue weighted by atomic mass is 10.1. The molecule has 0 saturated heterocycles. The van der Waals surface area contributed by atoms with Gasteiger partial charge in [-0.2, -0.15) is 0 Å². The predicted octanol–water partition coefficient (Wildman–Crippen LogP) is 5.79. The lowest BCUT2D eigenvalue weighted by molar-refractivity contribution is 0.242. The molecule has 0 bridgehead atoms. The Hall–Kier alpha value is -2.53. The summed E-state index contributed by atoms with van der Waals surface area (Å²) < 4.78 is 14.8. The Morgan fingerprint density at radius 3 is 2.58 bits per heavy atom. The van der Waals surface area contributed by atoms with Crippen LogP contribution in [0.15, 0.2) is 48.7 Å². The molecule has 134 valence electrons. The number of hydrogen-bond acceptors (Lipinski definition) is 4. The maximum absolute atomic E-state index is 5.73. The van der Waals surface area contributed by atoms with Crippen molar-refractivity contribution in [3.63, 3.8) is 0 Å². The van der Waals surface area contributed by atoms with Gasteiger partial charge in [0.1, 0.15) is 11.5 Å². The fourth-order valence-corrected chi connectivity index (χ4v) is 3.94. The molecule has 0 spiro atoms. The van der Waals surface area contributed by atoms with Crippen molar-refractivity contribution >= 4 is 26.5 Å². The van der Waals surface area contributed by atoms with Crippen molar-refractivity contribution in [2.24, 2.45) is 0 Å². The number of nitrogens with zero attached hydrogens (tertiary/aromatic N) is 2. The Kier molecular flexibility index (Phi) is 4.55. The van der Waals surface area contributed by atoms with Crippen LogP contribution < -0.4 is 9.47 Å². The van der Waals surface area contributed by atoms with Crippen LogP contribution >= 0.6 is 11.3 Å². The minimum atomic E-state index is 0.177. The number of thiazole rings is 1. The van der Waals surface area contributed by atoms with Gasteiger partial charge in [0.2, 0.25) is 0 Å². The molecule has 4 aromatic rings. The van der Waals surface area contributed by atoms with Crippen molar-refractivity contribution in [2.45, 2.75) is 33.3 Å². The third kappa shape index (κ3) is 3.27. The second-order valence-electron chi connectivity index (χ2n) is 6.55. The summed E-state index contributed by atoms with van der Waals surface area (Å²) in [5.74, 6) is 1.81. The van der Waals surface area contributed by atoms with Gasteiger partial charge in [-0.15, -0.1) is 0 Å². The van der Waals surface area contributed by atoms with Gasteiger partial charge >= 0.3 is 0 Å². The molecule has 0 radical (unpaired) electrons. The first-order chi connectivity index (χ1) is 12.6. The topological polar surface area (TPSA) is 35.8 Å². The molecular formula is C21H22N2O2S. The minimum absolute atomic E-state index is 0.177. The summed E-state index contributed by atoms with van der Waals surface area (Å²) in [7, 11) is 0. The molecular weight excluding hydrogens is 344 g/mol. The summed E-state index contributed by atoms with van der Waals surface area (Å²) in [5.41, 5.74) is 3.22. The second-order valence-corrected chi connectivity index (χ2v) is 7.56. The molecule has 2 heterocycles. The molecule has 0 unspecified atom stereocenters. The average molecular weight is 366 g/mol. The van der Waals surface area contributed by atoms with Crippen molar-refractivity contribution in [2.75, 3.05) is 6.61 Å². The number of rotatable bonds is 6. The van der Waals surface area contributed by atoms with E-state index in [-0.39, 0.29) is 6.10 Å². The molecule has 2 aromatic carbocycles. The van der Waals surface area contributed by atoms with Gasteiger partial charge in [0.25, 0.3) is 0 Å². The molecule has 0 atom stereocenters. The molecule has 0 aliphatic carbocycles. The van der Waals surface area contributed by atoms with Gasteiger partial charge in [-0.3, -0.25) is 4.40 Å². The van der Waals surface area contributed by atoms with Gasteiger partial charge in [0.15, 0.2) is 4.96 Å². The van der Waals surface area contributed by atoms with Crippen LogP contribution in [0, 0.1) is 0 Å². The van der Waals surface area contributed by atoms with Gasteiger partial charge in [0, 0.05) is 11.8 Å². The van der Waals surface area contributed by atoms with Gasteiger partial charge < -0.3 is 9.47 Å². The number of hydrogen-bond donors (Lipinski definition) is 0. The molecule has 4 nitrogen and oxygen atoms in total. The van der Waals surface area contributed by atoms with Crippen molar-refractivity contribution in [3.8, 4) is 22.8 Å². The monoisotopic (exact) mass is 366 g/mol. The van der Waals surface area contributed by atoms with Crippen LogP contribution in [-0.2, 0) is 0 Å². The molecule has 0 aliphatic heterocycles. The molecule has 5 heteroatoms. The van der Waals surface area contributed by atoms with E-state index in [0.717, 1.165) is 46.3 Å². The van der Waals surface area contributed by atoms with Gasteiger partial charge in [0.05, 0.1) is 28.6 Å². The zero-order valence-corrected chi connectivity index (χ0v) is 16.0. The number of aromatic nitrogens is 2. The fourth-order valence-electron chi connectivity index (χ4n) is 2.91. The minimum Gasteiger partial charge on any atom is -0.494 e. The quantitative estimate of drug-likeness (QED) is 0.433. The zero-order valence-electron chi connectivity index (χ0n) is 15.2. The van der Waals surface area contributed by atoms with E-state index < -0.39 is 0 Å². The van der Waals surface area contributed by atoms with Crippen molar-refractivity contribution < 1.29 is 9.47 Å². The van der Waals surface area contributed by atoms with E-state index in [2.05, 4.69) is 41.8 Å². The van der Waals surface area contributed by atoms with Crippen LogP contribution in [0.25, 0.3) is 26.4 Å². The van der Waals surface area contributed by atoms with Crippen molar-refractivity contribution in [3.05, 3.63) is 48.7 Å². The maximum atomic E-state index is 5.73. The fraction of sp³-hybridized carbons (Fsp3) is 0.286. The Bertz CT molecular complexity index is 1030. The summed E-state index contributed by atoms with van der Waals surface area (Å²) >= 11 is 1.68. The summed E-state index contributed by atoms with van der Waals surface area (Å²) in [6, 6.07) is 14.3. The van der Waals surface area contributed by atoms with Crippen LogP contribution in [0.1, 0.15) is 27.2 Å². The molecule has 4 rings (SSSR count). The Labute approximate surface area is 157 Å². The highest BCUT2D eigenvalue weighted by Crippen LogP contribution is 2.32. The molecule has 0 fully saturated rings. The maximum Gasteiger partial charge on any atom is 0.195 e. The van der Waals surface area contributed by atoms with Crippen LogP contribution in [0.4, 0.5) is 0 Å². The van der Waals surface area contributed by atoms with Crippen molar-refractivity contribution in [1.82, 2.24) is 9.38 Å². The van der Waals surface area contributed by atoms with Crippen LogP contribution in [0.3, 0.4) is 0 Å². The van der Waals surface area contributed by atoms with Gasteiger partial charge in [-0.25, -0.2) is 4.98 Å². The average Bonchev–Trinajstić information content (AvgIpc) is 3.17. The molecule has 2 aromatic heterocycles. The van der Waals surface area contributed by atoms with Crippen LogP contribution in [0.5, 0.6) is 11.5 Å². The standard InChI is InChI=1S/C21H22N2O2S/c1-4-11-24-17-9-10-19-20(12-17)26-21-22-18(13-23(19)21)15-5-7-16(8-6-15)25-14(2)3/h5-10,12-14H,4,11H2,1-3H3. The lowest BCUT2D eigenvalue weighted by Gasteiger charge is -2.09. The lowest BCUT2D eigenvalue weighted by Crippen LogP contribution is -2.05. The first-order valence-corrected chi connectivity index (χ1v) is 9.77. The van der Waals surface area contributed by atoms with Gasteiger partial charge in [-0.1, -0.05) is 18.3 Å². The normalized spacial score (nSPS) is 11.5. The first kappa shape index (κ1) is 16.9. The number of benzene rings is 2. The first-order valence-electron chi connectivity index (χ1n) is 8.95. The molecule has 0 N–H and O–H groups in total. The summed E-state index contributed by atoms with van der Waals surface area (Å²) in [6.45, 7) is 6.91. The summed E-state index contributed by atoms with van der Waals surface area (Å²) in [4.78, 5) is 5.79. The number of fused-ring (bicyclic) bond motifs is 3. The predicted molar refractivity (Wildman–Crippen MR) is 108 cm³/mol. The molecule has 0 aliphatic rings. The molecule has 26 heavy (non-hydrogen) atoms.